The fourth-order valence-electron chi connectivity index (χ4n) is 2.25. The van der Waals surface area contributed by atoms with Gasteiger partial charge in [0.05, 0.1) is 0 Å². The lowest BCUT2D eigenvalue weighted by atomic mass is 10.0. The number of hydrogen-bond acceptors (Lipinski definition) is 3. The highest BCUT2D eigenvalue weighted by atomic mass is 19.1. The summed E-state index contributed by atoms with van der Waals surface area (Å²) in [6.07, 6.45) is 0.680. The van der Waals surface area contributed by atoms with E-state index in [1.807, 2.05) is 0 Å². The van der Waals surface area contributed by atoms with E-state index in [0.717, 1.165) is 32.7 Å². The first-order valence-electron chi connectivity index (χ1n) is 5.49. The molecule has 0 amide bonds. The summed E-state index contributed by atoms with van der Waals surface area (Å²) < 4.78 is 14.1. The van der Waals surface area contributed by atoms with E-state index in [1.165, 1.54) is 0 Å². The van der Waals surface area contributed by atoms with E-state index >= 15 is 0 Å². The van der Waals surface area contributed by atoms with Crippen LogP contribution in [0.4, 0.5) is 4.39 Å². The van der Waals surface area contributed by atoms with Gasteiger partial charge in [0.15, 0.2) is 0 Å². The van der Waals surface area contributed by atoms with Crippen LogP contribution in [0.1, 0.15) is 6.42 Å². The Bertz CT molecular complexity index is 184. The van der Waals surface area contributed by atoms with Gasteiger partial charge in [0.2, 0.25) is 0 Å². The molecular formula is C10H20FN3. The third-order valence-corrected chi connectivity index (χ3v) is 3.29. The summed E-state index contributed by atoms with van der Waals surface area (Å²) in [5.74, 6) is 0. The van der Waals surface area contributed by atoms with Gasteiger partial charge < -0.3 is 10.2 Å². The third-order valence-electron chi connectivity index (χ3n) is 3.29. The van der Waals surface area contributed by atoms with Crippen LogP contribution >= 0.6 is 0 Å². The Kier molecular flexibility index (Phi) is 3.04. The molecule has 1 atom stereocenters. The molecule has 1 unspecified atom stereocenters. The Labute approximate surface area is 85.2 Å². The molecule has 2 heterocycles. The minimum absolute atomic E-state index is 0.541. The van der Waals surface area contributed by atoms with Gasteiger partial charge in [0, 0.05) is 39.3 Å². The molecule has 0 aliphatic carbocycles. The quantitative estimate of drug-likeness (QED) is 0.675. The Morgan fingerprint density at radius 3 is 2.57 bits per heavy atom. The highest BCUT2D eigenvalue weighted by molar-refractivity contribution is 4.91. The number of nitrogens with one attached hydrogen (secondary N) is 1. The smallest absolute Gasteiger partial charge is 0.137 e. The minimum Gasteiger partial charge on any atom is -0.313 e. The number of hydrogen-bond donors (Lipinski definition) is 1. The molecule has 0 aromatic rings. The highest BCUT2D eigenvalue weighted by Crippen LogP contribution is 2.21. The van der Waals surface area contributed by atoms with Crippen molar-refractivity contribution >= 4 is 0 Å². The summed E-state index contributed by atoms with van der Waals surface area (Å²) in [5, 5.41) is 3.10. The van der Waals surface area contributed by atoms with Gasteiger partial charge in [-0.2, -0.15) is 0 Å². The van der Waals surface area contributed by atoms with Crippen molar-refractivity contribution in [2.45, 2.75) is 12.1 Å². The van der Waals surface area contributed by atoms with Gasteiger partial charge in [-0.15, -0.1) is 0 Å². The summed E-state index contributed by atoms with van der Waals surface area (Å²) in [6.45, 7) is 6.18. The molecule has 14 heavy (non-hydrogen) atoms. The van der Waals surface area contributed by atoms with Gasteiger partial charge in [0.1, 0.15) is 5.67 Å². The zero-order valence-corrected chi connectivity index (χ0v) is 8.93. The Hall–Kier alpha value is -0.190. The van der Waals surface area contributed by atoms with E-state index in [-0.39, 0.29) is 0 Å². The largest absolute Gasteiger partial charge is 0.313 e. The molecule has 0 bridgehead atoms. The van der Waals surface area contributed by atoms with Crippen molar-refractivity contribution in [1.82, 2.24) is 15.1 Å². The van der Waals surface area contributed by atoms with Gasteiger partial charge in [-0.05, 0) is 20.0 Å². The topological polar surface area (TPSA) is 18.5 Å². The summed E-state index contributed by atoms with van der Waals surface area (Å²) in [6, 6.07) is 0. The van der Waals surface area contributed by atoms with Crippen LogP contribution in [-0.2, 0) is 0 Å². The van der Waals surface area contributed by atoms with Gasteiger partial charge in [-0.1, -0.05) is 0 Å². The molecule has 2 aliphatic rings. The second-order valence-electron chi connectivity index (χ2n) is 4.66. The van der Waals surface area contributed by atoms with Gasteiger partial charge in [0.25, 0.3) is 0 Å². The molecule has 2 saturated heterocycles. The molecule has 0 spiro atoms. The van der Waals surface area contributed by atoms with Crippen LogP contribution < -0.4 is 5.32 Å². The first-order valence-corrected chi connectivity index (χ1v) is 5.49. The number of likely N-dealkylation sites (N-methyl/N-ethyl adjacent to an activating group) is 1. The van der Waals surface area contributed by atoms with Crippen molar-refractivity contribution in [2.75, 3.05) is 52.9 Å². The van der Waals surface area contributed by atoms with Crippen molar-refractivity contribution in [3.63, 3.8) is 0 Å². The second-order valence-corrected chi connectivity index (χ2v) is 4.66. The van der Waals surface area contributed by atoms with Crippen LogP contribution in [0.15, 0.2) is 0 Å². The first kappa shape index (κ1) is 10.3. The Morgan fingerprint density at radius 1 is 1.29 bits per heavy atom. The number of piperazine rings is 1. The fraction of sp³-hybridized carbons (Fsp3) is 1.00. The number of rotatable bonds is 2. The van der Waals surface area contributed by atoms with Crippen molar-refractivity contribution in [3.8, 4) is 0 Å². The lowest BCUT2D eigenvalue weighted by molar-refractivity contribution is 0.0751. The molecule has 0 aromatic heterocycles. The molecule has 82 valence electrons. The van der Waals surface area contributed by atoms with Crippen LogP contribution in [0.5, 0.6) is 0 Å². The lowest BCUT2D eigenvalue weighted by Crippen LogP contribution is -2.50. The average molecular weight is 201 g/mol. The summed E-state index contributed by atoms with van der Waals surface area (Å²) in [7, 11) is 2.12. The van der Waals surface area contributed by atoms with Crippen molar-refractivity contribution < 1.29 is 4.39 Å². The van der Waals surface area contributed by atoms with Gasteiger partial charge >= 0.3 is 0 Å². The average Bonchev–Trinajstić information content (AvgIpc) is 2.57. The van der Waals surface area contributed by atoms with Gasteiger partial charge in [-0.3, -0.25) is 4.90 Å². The summed E-state index contributed by atoms with van der Waals surface area (Å²) in [5.41, 5.74) is -0.962. The predicted molar refractivity (Wildman–Crippen MR) is 55.3 cm³/mol. The zero-order chi connectivity index (χ0) is 10.0. The fourth-order valence-corrected chi connectivity index (χ4v) is 2.25. The number of nitrogens with zero attached hydrogens (tertiary/aromatic N) is 2. The van der Waals surface area contributed by atoms with Crippen LogP contribution in [0, 0.1) is 0 Å². The maximum Gasteiger partial charge on any atom is 0.137 e. The molecule has 0 aromatic carbocycles. The maximum atomic E-state index is 14.1. The van der Waals surface area contributed by atoms with E-state index in [2.05, 4.69) is 22.2 Å². The third kappa shape index (κ3) is 2.43. The predicted octanol–water partition coefficient (Wildman–Crippen LogP) is -0.0646. The molecule has 0 radical (unpaired) electrons. The monoisotopic (exact) mass is 201 g/mol. The van der Waals surface area contributed by atoms with E-state index < -0.39 is 5.67 Å². The first-order chi connectivity index (χ1) is 6.68. The molecular weight excluding hydrogens is 181 g/mol. The molecule has 2 fully saturated rings. The second kappa shape index (κ2) is 4.13. The maximum absolute atomic E-state index is 14.1. The highest BCUT2D eigenvalue weighted by Gasteiger charge is 2.35. The molecule has 2 aliphatic heterocycles. The van der Waals surface area contributed by atoms with E-state index in [4.69, 9.17) is 0 Å². The zero-order valence-electron chi connectivity index (χ0n) is 8.93. The molecule has 3 nitrogen and oxygen atoms in total. The van der Waals surface area contributed by atoms with Gasteiger partial charge in [-0.25, -0.2) is 4.39 Å². The Morgan fingerprint density at radius 2 is 2.00 bits per heavy atom. The molecule has 0 saturated carbocycles. The van der Waals surface area contributed by atoms with Crippen LogP contribution in [-0.4, -0.2) is 68.3 Å². The number of alkyl halides is 1. The molecule has 1 N–H and O–H groups in total. The van der Waals surface area contributed by atoms with Crippen LogP contribution in [0.3, 0.4) is 0 Å². The Balaban J connectivity index is 1.79. The summed E-state index contributed by atoms with van der Waals surface area (Å²) in [4.78, 5) is 4.56. The van der Waals surface area contributed by atoms with E-state index in [0.29, 0.717) is 19.5 Å². The molecule has 2 rings (SSSR count). The lowest BCUT2D eigenvalue weighted by Gasteiger charge is -2.35. The van der Waals surface area contributed by atoms with E-state index in [1.54, 1.807) is 0 Å². The van der Waals surface area contributed by atoms with Crippen molar-refractivity contribution in [2.24, 2.45) is 0 Å². The standard InChI is InChI=1S/C10H20FN3/c1-13-4-6-14(7-5-13)9-10(11)2-3-12-8-10/h12H,2-9H2,1H3. The van der Waals surface area contributed by atoms with E-state index in [9.17, 15) is 4.39 Å². The molecule has 4 heteroatoms. The summed E-state index contributed by atoms with van der Waals surface area (Å²) >= 11 is 0. The van der Waals surface area contributed by atoms with Crippen LogP contribution in [0.25, 0.3) is 0 Å². The van der Waals surface area contributed by atoms with Crippen LogP contribution in [0.2, 0.25) is 0 Å². The minimum atomic E-state index is -0.962. The normalized spacial score (nSPS) is 36.4. The number of halogens is 1. The van der Waals surface area contributed by atoms with Crippen molar-refractivity contribution in [1.29, 1.82) is 0 Å². The SMILES string of the molecule is CN1CCN(CC2(F)CCNC2)CC1. The van der Waals surface area contributed by atoms with Crippen molar-refractivity contribution in [3.05, 3.63) is 0 Å².